The number of piperidine rings is 2. The Morgan fingerprint density at radius 2 is 1.81 bits per heavy atom. The van der Waals surface area contributed by atoms with E-state index < -0.39 is 0 Å². The summed E-state index contributed by atoms with van der Waals surface area (Å²) in [6, 6.07) is 12.1. The van der Waals surface area contributed by atoms with E-state index in [9.17, 15) is 0 Å². The quantitative estimate of drug-likeness (QED) is 0.835. The molecule has 1 aromatic carbocycles. The highest BCUT2D eigenvalue weighted by Gasteiger charge is 2.41. The Morgan fingerprint density at radius 1 is 1.00 bits per heavy atom. The minimum Gasteiger partial charge on any atom is -0.371 e. The van der Waals surface area contributed by atoms with E-state index in [1.807, 2.05) is 12.1 Å². The summed E-state index contributed by atoms with van der Waals surface area (Å²) in [5.41, 5.74) is 2.04. The van der Waals surface area contributed by atoms with E-state index in [0.717, 1.165) is 30.1 Å². The minimum absolute atomic E-state index is 0.756. The zero-order valence-corrected chi connectivity index (χ0v) is 12.5. The molecule has 1 saturated carbocycles. The number of anilines is 1. The molecule has 0 spiro atoms. The third-order valence-corrected chi connectivity index (χ3v) is 5.49. The SMILES string of the molecule is N#Cc1ccc(N2CC[C@H]3[C@H](CCCN3C3CC3)C2)cc1. The lowest BCUT2D eigenvalue weighted by Gasteiger charge is -2.48. The number of hydrogen-bond donors (Lipinski definition) is 0. The van der Waals surface area contributed by atoms with Gasteiger partial charge < -0.3 is 4.90 Å². The van der Waals surface area contributed by atoms with Gasteiger partial charge in [0.15, 0.2) is 0 Å². The van der Waals surface area contributed by atoms with Crippen molar-refractivity contribution in [3.63, 3.8) is 0 Å². The summed E-state index contributed by atoms with van der Waals surface area (Å²) in [5, 5.41) is 8.91. The van der Waals surface area contributed by atoms with Gasteiger partial charge in [0.25, 0.3) is 0 Å². The van der Waals surface area contributed by atoms with Crippen molar-refractivity contribution in [1.82, 2.24) is 4.90 Å². The lowest BCUT2D eigenvalue weighted by Crippen LogP contribution is -2.54. The second-order valence-corrected chi connectivity index (χ2v) is 6.83. The molecular weight excluding hydrogens is 258 g/mol. The van der Waals surface area contributed by atoms with Crippen LogP contribution in [0.15, 0.2) is 24.3 Å². The Labute approximate surface area is 127 Å². The molecule has 4 rings (SSSR count). The first-order valence-corrected chi connectivity index (χ1v) is 8.36. The van der Waals surface area contributed by atoms with Gasteiger partial charge >= 0.3 is 0 Å². The second-order valence-electron chi connectivity index (χ2n) is 6.83. The van der Waals surface area contributed by atoms with Crippen LogP contribution in [0.4, 0.5) is 5.69 Å². The van der Waals surface area contributed by atoms with E-state index in [1.54, 1.807) is 0 Å². The molecular formula is C18H23N3. The molecule has 3 heteroatoms. The van der Waals surface area contributed by atoms with E-state index in [1.165, 1.54) is 50.9 Å². The van der Waals surface area contributed by atoms with E-state index in [4.69, 9.17) is 5.26 Å². The summed E-state index contributed by atoms with van der Waals surface area (Å²) in [6.45, 7) is 3.69. The van der Waals surface area contributed by atoms with Gasteiger partial charge in [-0.05, 0) is 68.8 Å². The van der Waals surface area contributed by atoms with Gasteiger partial charge in [-0.25, -0.2) is 0 Å². The molecule has 0 unspecified atom stereocenters. The Balaban J connectivity index is 1.47. The second kappa shape index (κ2) is 5.35. The Hall–Kier alpha value is -1.53. The topological polar surface area (TPSA) is 30.3 Å². The van der Waals surface area contributed by atoms with Crippen LogP contribution in [0, 0.1) is 17.2 Å². The highest BCUT2D eigenvalue weighted by atomic mass is 15.3. The van der Waals surface area contributed by atoms with Crippen molar-refractivity contribution in [3.05, 3.63) is 29.8 Å². The Kier molecular flexibility index (Phi) is 3.35. The van der Waals surface area contributed by atoms with Crippen molar-refractivity contribution >= 4 is 5.69 Å². The smallest absolute Gasteiger partial charge is 0.0991 e. The molecule has 0 N–H and O–H groups in total. The fourth-order valence-corrected chi connectivity index (χ4v) is 4.28. The van der Waals surface area contributed by atoms with Gasteiger partial charge in [0.1, 0.15) is 0 Å². The number of rotatable bonds is 2. The zero-order chi connectivity index (χ0) is 14.2. The van der Waals surface area contributed by atoms with Crippen LogP contribution < -0.4 is 4.90 Å². The van der Waals surface area contributed by atoms with Gasteiger partial charge in [0.2, 0.25) is 0 Å². The van der Waals surface area contributed by atoms with Gasteiger partial charge in [-0.3, -0.25) is 4.90 Å². The predicted octanol–water partition coefficient (Wildman–Crippen LogP) is 3.01. The van der Waals surface area contributed by atoms with Crippen LogP contribution in [0.1, 0.15) is 37.7 Å². The molecule has 3 aliphatic rings. The van der Waals surface area contributed by atoms with E-state index >= 15 is 0 Å². The summed E-state index contributed by atoms with van der Waals surface area (Å²) < 4.78 is 0. The van der Waals surface area contributed by atoms with Crippen LogP contribution in [0.2, 0.25) is 0 Å². The highest BCUT2D eigenvalue weighted by molar-refractivity contribution is 5.50. The van der Waals surface area contributed by atoms with Gasteiger partial charge in [-0.15, -0.1) is 0 Å². The molecule has 2 saturated heterocycles. The summed E-state index contributed by atoms with van der Waals surface area (Å²) in [5.74, 6) is 0.837. The third-order valence-electron chi connectivity index (χ3n) is 5.49. The third kappa shape index (κ3) is 2.53. The maximum absolute atomic E-state index is 8.91. The van der Waals surface area contributed by atoms with E-state index in [2.05, 4.69) is 28.0 Å². The molecule has 3 nitrogen and oxygen atoms in total. The Morgan fingerprint density at radius 3 is 2.52 bits per heavy atom. The number of hydrogen-bond acceptors (Lipinski definition) is 3. The van der Waals surface area contributed by atoms with Crippen molar-refractivity contribution in [3.8, 4) is 6.07 Å². The van der Waals surface area contributed by atoms with Crippen molar-refractivity contribution in [2.24, 2.45) is 5.92 Å². The van der Waals surface area contributed by atoms with Gasteiger partial charge in [0.05, 0.1) is 11.6 Å². The monoisotopic (exact) mass is 281 g/mol. The molecule has 2 atom stereocenters. The molecule has 110 valence electrons. The lowest BCUT2D eigenvalue weighted by molar-refractivity contribution is 0.0698. The van der Waals surface area contributed by atoms with Crippen LogP contribution in [-0.2, 0) is 0 Å². The molecule has 0 aromatic heterocycles. The largest absolute Gasteiger partial charge is 0.371 e. The van der Waals surface area contributed by atoms with Gasteiger partial charge in [-0.2, -0.15) is 5.26 Å². The van der Waals surface area contributed by atoms with Crippen molar-refractivity contribution in [1.29, 1.82) is 5.26 Å². The van der Waals surface area contributed by atoms with Crippen molar-refractivity contribution in [2.75, 3.05) is 24.5 Å². The summed E-state index contributed by atoms with van der Waals surface area (Å²) >= 11 is 0. The Bertz CT molecular complexity index is 541. The molecule has 0 bridgehead atoms. The normalized spacial score (nSPS) is 29.8. The summed E-state index contributed by atoms with van der Waals surface area (Å²) in [4.78, 5) is 5.35. The number of nitriles is 1. The van der Waals surface area contributed by atoms with Crippen molar-refractivity contribution < 1.29 is 0 Å². The molecule has 3 fully saturated rings. The van der Waals surface area contributed by atoms with E-state index in [-0.39, 0.29) is 0 Å². The molecule has 1 aromatic rings. The fourth-order valence-electron chi connectivity index (χ4n) is 4.28. The number of benzene rings is 1. The van der Waals surface area contributed by atoms with Crippen LogP contribution in [0.3, 0.4) is 0 Å². The first-order valence-electron chi connectivity index (χ1n) is 8.36. The maximum Gasteiger partial charge on any atom is 0.0991 e. The molecule has 2 aliphatic heterocycles. The average Bonchev–Trinajstić information content (AvgIpc) is 3.39. The molecule has 0 radical (unpaired) electrons. The lowest BCUT2D eigenvalue weighted by atomic mass is 9.83. The standard InChI is InChI=1S/C18H23N3/c19-12-14-3-5-16(6-4-14)20-11-9-18-15(13-20)2-1-10-21(18)17-7-8-17/h3-6,15,17-18H,1-2,7-11,13H2/t15-,18+/m1/s1. The molecule has 2 heterocycles. The highest BCUT2D eigenvalue weighted by Crippen LogP contribution is 2.39. The van der Waals surface area contributed by atoms with Gasteiger partial charge in [0, 0.05) is 30.9 Å². The molecule has 0 amide bonds. The summed E-state index contributed by atoms with van der Waals surface area (Å²) in [7, 11) is 0. The van der Waals surface area contributed by atoms with Gasteiger partial charge in [-0.1, -0.05) is 0 Å². The van der Waals surface area contributed by atoms with Crippen molar-refractivity contribution in [2.45, 2.75) is 44.2 Å². The fraction of sp³-hybridized carbons (Fsp3) is 0.611. The van der Waals surface area contributed by atoms with Crippen LogP contribution in [0.5, 0.6) is 0 Å². The van der Waals surface area contributed by atoms with Crippen LogP contribution >= 0.6 is 0 Å². The summed E-state index contributed by atoms with van der Waals surface area (Å²) in [6.07, 6.45) is 6.94. The molecule has 21 heavy (non-hydrogen) atoms. The van der Waals surface area contributed by atoms with E-state index in [0.29, 0.717) is 0 Å². The number of likely N-dealkylation sites (tertiary alicyclic amines) is 1. The number of fused-ring (bicyclic) bond motifs is 1. The molecule has 1 aliphatic carbocycles. The first-order chi connectivity index (χ1) is 10.3. The minimum atomic E-state index is 0.756. The first kappa shape index (κ1) is 13.2. The zero-order valence-electron chi connectivity index (χ0n) is 12.5. The van der Waals surface area contributed by atoms with Crippen LogP contribution in [0.25, 0.3) is 0 Å². The average molecular weight is 281 g/mol. The predicted molar refractivity (Wildman–Crippen MR) is 84.2 cm³/mol. The maximum atomic E-state index is 8.91. The van der Waals surface area contributed by atoms with Crippen LogP contribution in [-0.4, -0.2) is 36.6 Å². The number of nitrogens with zero attached hydrogens (tertiary/aromatic N) is 3.